The van der Waals surface area contributed by atoms with Crippen LogP contribution in [0.5, 0.6) is 5.75 Å². The molecule has 0 aromatic heterocycles. The largest absolute Gasteiger partial charge is 0.485 e. The van der Waals surface area contributed by atoms with Crippen LogP contribution in [-0.4, -0.2) is 12.4 Å². The number of hydrogen-bond donors (Lipinski definition) is 0. The Morgan fingerprint density at radius 3 is 2.26 bits per heavy atom. The Kier molecular flexibility index (Phi) is 5.12. The summed E-state index contributed by atoms with van der Waals surface area (Å²) in [4.78, 5) is 12.1. The summed E-state index contributed by atoms with van der Waals surface area (Å²) in [5.41, 5.74) is 3.26. The number of benzene rings is 2. The predicted molar refractivity (Wildman–Crippen MR) is 93.3 cm³/mol. The van der Waals surface area contributed by atoms with E-state index in [2.05, 4.69) is 12.1 Å². The van der Waals surface area contributed by atoms with Crippen LogP contribution in [0.25, 0.3) is 0 Å². The molecule has 1 saturated carbocycles. The van der Waals surface area contributed by atoms with Crippen LogP contribution < -0.4 is 4.74 Å². The highest BCUT2D eigenvalue weighted by molar-refractivity contribution is 5.97. The van der Waals surface area contributed by atoms with Crippen LogP contribution in [0.15, 0.2) is 48.5 Å². The van der Waals surface area contributed by atoms with Gasteiger partial charge in [0.05, 0.1) is 0 Å². The van der Waals surface area contributed by atoms with Gasteiger partial charge in [-0.3, -0.25) is 4.79 Å². The molecule has 0 atom stereocenters. The third-order valence-electron chi connectivity index (χ3n) is 4.70. The third kappa shape index (κ3) is 4.22. The van der Waals surface area contributed by atoms with Crippen LogP contribution >= 0.6 is 0 Å². The Balaban J connectivity index is 1.55. The normalized spacial score (nSPS) is 15.3. The summed E-state index contributed by atoms with van der Waals surface area (Å²) in [6, 6.07) is 15.9. The van der Waals surface area contributed by atoms with Gasteiger partial charge in [-0.2, -0.15) is 0 Å². The Morgan fingerprint density at radius 2 is 1.61 bits per heavy atom. The second-order valence-corrected chi connectivity index (χ2v) is 6.48. The molecule has 0 N–H and O–H groups in total. The van der Waals surface area contributed by atoms with Crippen LogP contribution in [0.3, 0.4) is 0 Å². The maximum absolute atomic E-state index is 12.1. The van der Waals surface area contributed by atoms with Gasteiger partial charge in [-0.05, 0) is 43.4 Å². The summed E-state index contributed by atoms with van der Waals surface area (Å²) in [5, 5.41) is 0. The van der Waals surface area contributed by atoms with Crippen molar-refractivity contribution in [3.05, 3.63) is 65.2 Å². The fraction of sp³-hybridized carbons (Fsp3) is 0.381. The first kappa shape index (κ1) is 15.8. The van der Waals surface area contributed by atoms with Crippen molar-refractivity contribution in [1.29, 1.82) is 0 Å². The lowest BCUT2D eigenvalue weighted by Crippen LogP contribution is -2.11. The molecule has 1 fully saturated rings. The van der Waals surface area contributed by atoms with Crippen molar-refractivity contribution < 1.29 is 9.53 Å². The lowest BCUT2D eigenvalue weighted by atomic mass is 9.84. The monoisotopic (exact) mass is 308 g/mol. The number of ether oxygens (including phenoxy) is 1. The molecule has 0 saturated heterocycles. The van der Waals surface area contributed by atoms with Crippen molar-refractivity contribution in [2.45, 2.75) is 44.9 Å². The second-order valence-electron chi connectivity index (χ2n) is 6.48. The average molecular weight is 308 g/mol. The zero-order valence-electron chi connectivity index (χ0n) is 13.8. The predicted octanol–water partition coefficient (Wildman–Crippen LogP) is 5.30. The highest BCUT2D eigenvalue weighted by Gasteiger charge is 2.15. The Hall–Kier alpha value is -2.09. The van der Waals surface area contributed by atoms with E-state index in [4.69, 9.17) is 4.74 Å². The molecule has 1 aliphatic rings. The summed E-state index contributed by atoms with van der Waals surface area (Å²) in [5.74, 6) is 1.48. The van der Waals surface area contributed by atoms with Crippen LogP contribution in [0, 0.1) is 6.92 Å². The molecule has 0 aliphatic heterocycles. The lowest BCUT2D eigenvalue weighted by molar-refractivity contribution is 0.0921. The van der Waals surface area contributed by atoms with Gasteiger partial charge >= 0.3 is 0 Å². The summed E-state index contributed by atoms with van der Waals surface area (Å²) in [6.07, 6.45) is 6.65. The maximum Gasteiger partial charge on any atom is 0.200 e. The summed E-state index contributed by atoms with van der Waals surface area (Å²) < 4.78 is 5.65. The van der Waals surface area contributed by atoms with E-state index in [0.29, 0.717) is 11.5 Å². The van der Waals surface area contributed by atoms with E-state index in [0.717, 1.165) is 11.3 Å². The van der Waals surface area contributed by atoms with Gasteiger partial charge in [-0.25, -0.2) is 0 Å². The summed E-state index contributed by atoms with van der Waals surface area (Å²) in [7, 11) is 0. The molecule has 2 nitrogen and oxygen atoms in total. The van der Waals surface area contributed by atoms with Crippen LogP contribution in [0.2, 0.25) is 0 Å². The van der Waals surface area contributed by atoms with Crippen molar-refractivity contribution >= 4 is 5.78 Å². The van der Waals surface area contributed by atoms with Gasteiger partial charge < -0.3 is 4.74 Å². The molecule has 0 heterocycles. The van der Waals surface area contributed by atoms with E-state index in [-0.39, 0.29) is 12.4 Å². The minimum atomic E-state index is 0.0151. The van der Waals surface area contributed by atoms with Gasteiger partial charge in [0.2, 0.25) is 0 Å². The molecule has 1 aliphatic carbocycles. The fourth-order valence-electron chi connectivity index (χ4n) is 3.24. The Labute approximate surface area is 138 Å². The highest BCUT2D eigenvalue weighted by Crippen LogP contribution is 2.33. The molecule has 2 aromatic rings. The molecular weight excluding hydrogens is 284 g/mol. The summed E-state index contributed by atoms with van der Waals surface area (Å²) in [6.45, 7) is 2.10. The van der Waals surface area contributed by atoms with E-state index in [9.17, 15) is 4.79 Å². The first-order chi connectivity index (χ1) is 11.2. The quantitative estimate of drug-likeness (QED) is 0.700. The number of carbonyl (C=O) groups excluding carboxylic acids is 1. The fourth-order valence-corrected chi connectivity index (χ4v) is 3.24. The van der Waals surface area contributed by atoms with Gasteiger partial charge in [-0.1, -0.05) is 61.2 Å². The van der Waals surface area contributed by atoms with Gasteiger partial charge in [0, 0.05) is 5.56 Å². The molecular formula is C21H24O2. The van der Waals surface area contributed by atoms with E-state index in [1.165, 1.54) is 37.7 Å². The topological polar surface area (TPSA) is 26.3 Å². The molecule has 0 radical (unpaired) electrons. The SMILES string of the molecule is Cc1ccc(C(=O)COc2ccc(C3CCCCC3)cc2)cc1. The molecule has 0 unspecified atom stereocenters. The van der Waals surface area contributed by atoms with Crippen molar-refractivity contribution in [3.8, 4) is 5.75 Å². The lowest BCUT2D eigenvalue weighted by Gasteiger charge is -2.22. The van der Waals surface area contributed by atoms with Gasteiger partial charge in [0.25, 0.3) is 0 Å². The van der Waals surface area contributed by atoms with Gasteiger partial charge in [0.15, 0.2) is 12.4 Å². The van der Waals surface area contributed by atoms with Crippen molar-refractivity contribution in [2.24, 2.45) is 0 Å². The Morgan fingerprint density at radius 1 is 0.957 bits per heavy atom. The average Bonchev–Trinajstić information content (AvgIpc) is 2.61. The minimum Gasteiger partial charge on any atom is -0.485 e. The molecule has 0 amide bonds. The zero-order chi connectivity index (χ0) is 16.1. The smallest absolute Gasteiger partial charge is 0.200 e. The van der Waals surface area contributed by atoms with Crippen LogP contribution in [-0.2, 0) is 0 Å². The molecule has 2 aromatic carbocycles. The first-order valence-electron chi connectivity index (χ1n) is 8.55. The van der Waals surface area contributed by atoms with Gasteiger partial charge in [0.1, 0.15) is 5.75 Å². The number of Topliss-reactive ketones (excluding diaryl/α,β-unsaturated/α-hetero) is 1. The molecule has 3 rings (SSSR count). The number of aryl methyl sites for hydroxylation is 1. The molecule has 2 heteroatoms. The Bertz CT molecular complexity index is 635. The highest BCUT2D eigenvalue weighted by atomic mass is 16.5. The summed E-state index contributed by atoms with van der Waals surface area (Å²) >= 11 is 0. The van der Waals surface area contributed by atoms with E-state index in [1.807, 2.05) is 43.3 Å². The number of ketones is 1. The van der Waals surface area contributed by atoms with Crippen LogP contribution in [0.4, 0.5) is 0 Å². The first-order valence-corrected chi connectivity index (χ1v) is 8.55. The van der Waals surface area contributed by atoms with Crippen molar-refractivity contribution in [1.82, 2.24) is 0 Å². The van der Waals surface area contributed by atoms with E-state index >= 15 is 0 Å². The third-order valence-corrected chi connectivity index (χ3v) is 4.70. The molecule has 120 valence electrons. The van der Waals surface area contributed by atoms with Crippen molar-refractivity contribution in [2.75, 3.05) is 6.61 Å². The zero-order valence-corrected chi connectivity index (χ0v) is 13.8. The number of rotatable bonds is 5. The molecule has 0 spiro atoms. The second kappa shape index (κ2) is 7.45. The number of carbonyl (C=O) groups is 1. The van der Waals surface area contributed by atoms with E-state index in [1.54, 1.807) is 0 Å². The maximum atomic E-state index is 12.1. The standard InChI is InChI=1S/C21H24O2/c1-16-7-9-19(10-8-16)21(22)15-23-20-13-11-18(12-14-20)17-5-3-2-4-6-17/h7-14,17H,2-6,15H2,1H3. The molecule has 23 heavy (non-hydrogen) atoms. The van der Waals surface area contributed by atoms with Crippen molar-refractivity contribution in [3.63, 3.8) is 0 Å². The number of hydrogen-bond acceptors (Lipinski definition) is 2. The van der Waals surface area contributed by atoms with Crippen LogP contribution in [0.1, 0.15) is 59.5 Å². The molecule has 0 bridgehead atoms. The minimum absolute atomic E-state index is 0.0151. The van der Waals surface area contributed by atoms with Gasteiger partial charge in [-0.15, -0.1) is 0 Å². The van der Waals surface area contributed by atoms with E-state index < -0.39 is 0 Å².